The number of fused-ring (bicyclic) bond motifs is 3. The number of carboxylic acid groups (broad SMARTS) is 1. The molecule has 1 aliphatic rings. The van der Waals surface area contributed by atoms with E-state index in [0.29, 0.717) is 6.42 Å². The molecule has 0 fully saturated rings. The van der Waals surface area contributed by atoms with Gasteiger partial charge in [0.1, 0.15) is 12.6 Å². The van der Waals surface area contributed by atoms with E-state index in [-0.39, 0.29) is 25.4 Å². The van der Waals surface area contributed by atoms with Gasteiger partial charge in [0.05, 0.1) is 0 Å². The normalized spacial score (nSPS) is 13.5. The Morgan fingerprint density at radius 1 is 1.03 bits per heavy atom. The number of nitrogens with one attached hydrogen (secondary N) is 2. The van der Waals surface area contributed by atoms with Crippen molar-refractivity contribution in [1.82, 2.24) is 10.6 Å². The van der Waals surface area contributed by atoms with Crippen molar-refractivity contribution < 1.29 is 24.2 Å². The predicted octanol–water partition coefficient (Wildman–Crippen LogP) is 4.07. The number of hydrogen-bond donors (Lipinski definition) is 3. The van der Waals surface area contributed by atoms with Gasteiger partial charge in [0.15, 0.2) is 0 Å². The van der Waals surface area contributed by atoms with Crippen LogP contribution in [0.1, 0.15) is 56.6 Å². The minimum absolute atomic E-state index is 0.0236. The summed E-state index contributed by atoms with van der Waals surface area (Å²) >= 11 is 0. The lowest BCUT2D eigenvalue weighted by atomic mass is 9.98. The van der Waals surface area contributed by atoms with Crippen molar-refractivity contribution in [3.63, 3.8) is 0 Å². The molecular weight excluding hydrogens is 432 g/mol. The molecule has 3 N–H and O–H groups in total. The summed E-state index contributed by atoms with van der Waals surface area (Å²) in [5.41, 5.74) is 4.54. The first-order valence-electron chi connectivity index (χ1n) is 11.5. The van der Waals surface area contributed by atoms with Crippen LogP contribution in [0, 0.1) is 11.8 Å². The van der Waals surface area contributed by atoms with Crippen LogP contribution < -0.4 is 10.6 Å². The van der Waals surface area contributed by atoms with Crippen molar-refractivity contribution >= 4 is 18.0 Å². The van der Waals surface area contributed by atoms with Crippen LogP contribution in [0.5, 0.6) is 0 Å². The average molecular weight is 463 g/mol. The summed E-state index contributed by atoms with van der Waals surface area (Å²) < 4.78 is 5.58. The van der Waals surface area contributed by atoms with Gasteiger partial charge < -0.3 is 20.5 Å². The van der Waals surface area contributed by atoms with Crippen LogP contribution in [0.3, 0.4) is 0 Å². The molecule has 3 rings (SSSR count). The number of carbonyl (C=O) groups is 3. The molecule has 0 aliphatic heterocycles. The van der Waals surface area contributed by atoms with E-state index >= 15 is 0 Å². The maximum absolute atomic E-state index is 12.6. The van der Waals surface area contributed by atoms with Crippen molar-refractivity contribution in [2.24, 2.45) is 0 Å². The Kier molecular flexibility index (Phi) is 8.69. The van der Waals surface area contributed by atoms with Crippen LogP contribution in [0.15, 0.2) is 48.5 Å². The van der Waals surface area contributed by atoms with Crippen LogP contribution in [0.25, 0.3) is 11.1 Å². The zero-order valence-electron chi connectivity index (χ0n) is 19.5. The second-order valence-electron chi connectivity index (χ2n) is 8.25. The Balaban J connectivity index is 1.58. The highest BCUT2D eigenvalue weighted by Gasteiger charge is 2.29. The maximum Gasteiger partial charge on any atom is 0.407 e. The second-order valence-corrected chi connectivity index (χ2v) is 8.25. The summed E-state index contributed by atoms with van der Waals surface area (Å²) in [6, 6.07) is 14.6. The number of rotatable bonds is 10. The van der Waals surface area contributed by atoms with Gasteiger partial charge in [0.25, 0.3) is 0 Å². The largest absolute Gasteiger partial charge is 0.480 e. The Morgan fingerprint density at radius 3 is 2.21 bits per heavy atom. The molecule has 0 spiro atoms. The van der Waals surface area contributed by atoms with E-state index in [1.54, 1.807) is 6.92 Å². The Labute approximate surface area is 199 Å². The van der Waals surface area contributed by atoms with Gasteiger partial charge in [0, 0.05) is 24.8 Å². The number of carboxylic acids is 1. The summed E-state index contributed by atoms with van der Waals surface area (Å²) in [6.45, 7) is 3.74. The predicted molar refractivity (Wildman–Crippen MR) is 129 cm³/mol. The molecule has 178 valence electrons. The molecule has 34 heavy (non-hydrogen) atoms. The molecule has 7 heteroatoms. The Hall–Kier alpha value is -3.79. The Bertz CT molecular complexity index is 1060. The summed E-state index contributed by atoms with van der Waals surface area (Å²) in [5, 5.41) is 14.5. The van der Waals surface area contributed by atoms with E-state index in [0.717, 1.165) is 28.7 Å². The van der Waals surface area contributed by atoms with Crippen LogP contribution in [0.2, 0.25) is 0 Å². The van der Waals surface area contributed by atoms with Crippen molar-refractivity contribution in [3.8, 4) is 23.0 Å². The van der Waals surface area contributed by atoms with E-state index in [1.165, 1.54) is 0 Å². The van der Waals surface area contributed by atoms with Crippen molar-refractivity contribution in [1.29, 1.82) is 0 Å². The monoisotopic (exact) mass is 462 g/mol. The summed E-state index contributed by atoms with van der Waals surface area (Å²) in [7, 11) is 0. The number of ether oxygens (including phenoxy) is 1. The smallest absolute Gasteiger partial charge is 0.407 e. The highest BCUT2D eigenvalue weighted by atomic mass is 16.5. The molecule has 0 aromatic heterocycles. The first kappa shape index (κ1) is 24.8. The molecule has 1 unspecified atom stereocenters. The minimum Gasteiger partial charge on any atom is -0.480 e. The van der Waals surface area contributed by atoms with E-state index in [1.807, 2.05) is 43.3 Å². The van der Waals surface area contributed by atoms with Crippen molar-refractivity contribution in [3.05, 3.63) is 59.7 Å². The van der Waals surface area contributed by atoms with Gasteiger partial charge in [0.2, 0.25) is 5.91 Å². The van der Waals surface area contributed by atoms with Gasteiger partial charge in [-0.2, -0.15) is 0 Å². The zero-order valence-corrected chi connectivity index (χ0v) is 19.5. The van der Waals surface area contributed by atoms with Crippen molar-refractivity contribution in [2.45, 2.75) is 57.5 Å². The van der Waals surface area contributed by atoms with Crippen LogP contribution in [-0.4, -0.2) is 41.8 Å². The summed E-state index contributed by atoms with van der Waals surface area (Å²) in [5.74, 6) is 3.64. The second kappa shape index (κ2) is 11.9. The van der Waals surface area contributed by atoms with E-state index < -0.39 is 30.1 Å². The first-order chi connectivity index (χ1) is 16.4. The highest BCUT2D eigenvalue weighted by Crippen LogP contribution is 2.44. The van der Waals surface area contributed by atoms with E-state index in [4.69, 9.17) is 4.74 Å². The summed E-state index contributed by atoms with van der Waals surface area (Å²) in [6.07, 6.45) is 0.687. The number of amides is 2. The standard InChI is InChI=1S/C27H30N2O5/c1-3-5-15-24(26(31)32)29-25(30)16-18(10-4-2)28-27(33)34-17-23-21-13-8-6-11-19(21)20-12-7-9-14-22(20)23/h6-9,11-14,18,23-24H,4,10,15-17H2,1-2H3,(H,28,33)(H,29,30)(H,31,32)/t18-,24?/m1/s1. The van der Waals surface area contributed by atoms with Crippen molar-refractivity contribution in [2.75, 3.05) is 6.61 Å². The molecule has 2 aromatic rings. The quantitative estimate of drug-likeness (QED) is 0.462. The van der Waals surface area contributed by atoms with Gasteiger partial charge in [-0.3, -0.25) is 4.79 Å². The molecule has 0 heterocycles. The molecule has 0 bridgehead atoms. The zero-order chi connectivity index (χ0) is 24.5. The minimum atomic E-state index is -1.15. The topological polar surface area (TPSA) is 105 Å². The molecule has 0 radical (unpaired) electrons. The third-order valence-electron chi connectivity index (χ3n) is 5.85. The van der Waals surface area contributed by atoms with Crippen LogP contribution >= 0.6 is 0 Å². The third kappa shape index (κ3) is 6.16. The number of hydrogen-bond acceptors (Lipinski definition) is 4. The molecule has 1 aliphatic carbocycles. The molecule has 2 amide bonds. The fourth-order valence-electron chi connectivity index (χ4n) is 4.26. The molecular formula is C27H30N2O5. The molecule has 0 saturated heterocycles. The van der Waals surface area contributed by atoms with Gasteiger partial charge in [-0.25, -0.2) is 9.59 Å². The SMILES string of the molecule is CC#CCC(NC(=O)C[C@@H](CCC)NC(=O)OCC1c2ccccc2-c2ccccc21)C(=O)O. The average Bonchev–Trinajstić information content (AvgIpc) is 3.14. The van der Waals surface area contributed by atoms with Gasteiger partial charge in [-0.1, -0.05) is 61.9 Å². The molecule has 2 aromatic carbocycles. The number of carbonyl (C=O) groups excluding carboxylic acids is 2. The Morgan fingerprint density at radius 2 is 1.65 bits per heavy atom. The molecule has 7 nitrogen and oxygen atoms in total. The highest BCUT2D eigenvalue weighted by molar-refractivity contribution is 5.84. The fraction of sp³-hybridized carbons (Fsp3) is 0.370. The lowest BCUT2D eigenvalue weighted by Crippen LogP contribution is -2.44. The van der Waals surface area contributed by atoms with Crippen LogP contribution in [-0.2, 0) is 14.3 Å². The van der Waals surface area contributed by atoms with Gasteiger partial charge >= 0.3 is 12.1 Å². The maximum atomic E-state index is 12.6. The molecule has 0 saturated carbocycles. The fourth-order valence-corrected chi connectivity index (χ4v) is 4.26. The number of aliphatic carboxylic acids is 1. The summed E-state index contributed by atoms with van der Waals surface area (Å²) in [4.78, 5) is 36.3. The van der Waals surface area contributed by atoms with E-state index in [2.05, 4.69) is 34.6 Å². The lowest BCUT2D eigenvalue weighted by molar-refractivity contribution is -0.141. The van der Waals surface area contributed by atoms with Crippen LogP contribution in [0.4, 0.5) is 4.79 Å². The first-order valence-corrected chi connectivity index (χ1v) is 11.5. The number of alkyl carbamates (subject to hydrolysis) is 1. The lowest BCUT2D eigenvalue weighted by Gasteiger charge is -2.20. The van der Waals surface area contributed by atoms with Gasteiger partial charge in [-0.05, 0) is 35.6 Å². The third-order valence-corrected chi connectivity index (χ3v) is 5.85. The number of benzene rings is 2. The molecule has 2 atom stereocenters. The van der Waals surface area contributed by atoms with E-state index in [9.17, 15) is 19.5 Å². The van der Waals surface area contributed by atoms with Gasteiger partial charge in [-0.15, -0.1) is 11.8 Å².